The lowest BCUT2D eigenvalue weighted by atomic mass is 9.84. The van der Waals surface area contributed by atoms with E-state index in [1.54, 1.807) is 0 Å². The highest BCUT2D eigenvalue weighted by Gasteiger charge is 2.53. The topological polar surface area (TPSA) is 307 Å². The molecule has 0 aromatic rings. The molecule has 0 aromatic carbocycles. The number of hydrogen-bond acceptors (Lipinski definition) is 17. The molecular weight excluding hydrogens is 538 g/mol. The molecule has 17 unspecified atom stereocenters. The molecule has 17 nitrogen and oxygen atoms in total. The summed E-state index contributed by atoms with van der Waals surface area (Å²) in [5.74, 6) is 0. The maximum Gasteiger partial charge on any atom is 0.187 e. The molecule has 16 N–H and O–H groups in total. The number of aliphatic hydroxyl groups is 6. The summed E-state index contributed by atoms with van der Waals surface area (Å²) in [4.78, 5) is 0. The van der Waals surface area contributed by atoms with Crippen LogP contribution in [0.2, 0.25) is 0 Å². The largest absolute Gasteiger partial charge is 0.394 e. The normalized spacial score (nSPS) is 52.1. The Morgan fingerprint density at radius 3 is 1.93 bits per heavy atom. The standard InChI is InChI=1S/C23H45N5O12/c24-4-7-1-2-10(30)21(35-7)38-18-9(27)3-8(26)14(31)20(18)40-23-17(34)19(12(6-29)37-23)39-22-13(28)16(33)15(32)11(5-25)36-22/h7-23,29-34H,1-6,24-28H2. The molecule has 0 spiro atoms. The van der Waals surface area contributed by atoms with E-state index in [2.05, 4.69) is 0 Å². The Labute approximate surface area is 231 Å². The van der Waals surface area contributed by atoms with Gasteiger partial charge < -0.3 is 87.7 Å². The molecule has 1 saturated carbocycles. The van der Waals surface area contributed by atoms with Crippen molar-refractivity contribution in [2.45, 2.75) is 123 Å². The molecule has 3 aliphatic heterocycles. The number of nitrogens with two attached hydrogens (primary N) is 5. The Morgan fingerprint density at radius 1 is 0.625 bits per heavy atom. The van der Waals surface area contributed by atoms with E-state index in [1.165, 1.54) is 0 Å². The highest BCUT2D eigenvalue weighted by Crippen LogP contribution is 2.34. The summed E-state index contributed by atoms with van der Waals surface area (Å²) in [6, 6.07) is -2.76. The molecule has 17 heteroatoms. The van der Waals surface area contributed by atoms with Crippen LogP contribution in [-0.4, -0.2) is 154 Å². The number of aliphatic hydroxyl groups excluding tert-OH is 6. The first kappa shape index (κ1) is 32.2. The quantitative estimate of drug-likeness (QED) is 0.120. The first-order chi connectivity index (χ1) is 19.0. The van der Waals surface area contributed by atoms with Crippen LogP contribution in [0.1, 0.15) is 19.3 Å². The van der Waals surface area contributed by atoms with Crippen molar-refractivity contribution >= 4 is 0 Å². The fraction of sp³-hybridized carbons (Fsp3) is 1.00. The zero-order valence-corrected chi connectivity index (χ0v) is 22.1. The van der Waals surface area contributed by atoms with Gasteiger partial charge in [0, 0.05) is 25.2 Å². The summed E-state index contributed by atoms with van der Waals surface area (Å²) in [6.45, 7) is -0.528. The van der Waals surface area contributed by atoms with Crippen LogP contribution in [-0.2, 0) is 28.4 Å². The average Bonchev–Trinajstić information content (AvgIpc) is 3.23. The van der Waals surface area contributed by atoms with Crippen LogP contribution < -0.4 is 28.7 Å². The minimum atomic E-state index is -1.55. The monoisotopic (exact) mass is 583 g/mol. The lowest BCUT2D eigenvalue weighted by Crippen LogP contribution is -2.65. The lowest BCUT2D eigenvalue weighted by molar-refractivity contribution is -0.302. The van der Waals surface area contributed by atoms with Crippen molar-refractivity contribution in [1.82, 2.24) is 0 Å². The number of ether oxygens (including phenoxy) is 6. The summed E-state index contributed by atoms with van der Waals surface area (Å²) in [7, 11) is 0. The molecule has 0 amide bonds. The van der Waals surface area contributed by atoms with Crippen LogP contribution >= 0.6 is 0 Å². The van der Waals surface area contributed by atoms with Crippen LogP contribution in [0.5, 0.6) is 0 Å². The van der Waals surface area contributed by atoms with Crippen LogP contribution in [0.15, 0.2) is 0 Å². The lowest BCUT2D eigenvalue weighted by Gasteiger charge is -2.45. The van der Waals surface area contributed by atoms with Gasteiger partial charge in [0.2, 0.25) is 0 Å². The van der Waals surface area contributed by atoms with Crippen molar-refractivity contribution in [3.8, 4) is 0 Å². The van der Waals surface area contributed by atoms with Crippen molar-refractivity contribution in [1.29, 1.82) is 0 Å². The Kier molecular flexibility index (Phi) is 11.1. The second-order valence-corrected chi connectivity index (χ2v) is 10.9. The average molecular weight is 584 g/mol. The SMILES string of the molecule is NCC1CCC(O)C(OC2C(N)CC(N)C(O)C2OC2OC(CO)C(OC3OC(CN)C(O)C(O)C3N)C2O)O1. The van der Waals surface area contributed by atoms with Gasteiger partial charge in [0.1, 0.15) is 54.9 Å². The summed E-state index contributed by atoms with van der Waals surface area (Å²) < 4.78 is 34.8. The van der Waals surface area contributed by atoms with Crippen molar-refractivity contribution in [3.05, 3.63) is 0 Å². The molecule has 4 fully saturated rings. The third-order valence-corrected chi connectivity index (χ3v) is 8.08. The van der Waals surface area contributed by atoms with Gasteiger partial charge in [0.15, 0.2) is 18.9 Å². The van der Waals surface area contributed by atoms with Crippen molar-refractivity contribution < 1.29 is 59.1 Å². The van der Waals surface area contributed by atoms with E-state index >= 15 is 0 Å². The predicted molar refractivity (Wildman–Crippen MR) is 134 cm³/mol. The van der Waals surface area contributed by atoms with Gasteiger partial charge in [-0.1, -0.05) is 0 Å². The summed E-state index contributed by atoms with van der Waals surface area (Å²) in [5.41, 5.74) is 29.7. The van der Waals surface area contributed by atoms with Gasteiger partial charge in [-0.25, -0.2) is 0 Å². The highest BCUT2D eigenvalue weighted by molar-refractivity contribution is 5.01. The fourth-order valence-corrected chi connectivity index (χ4v) is 5.61. The maximum atomic E-state index is 11.1. The molecule has 1 aliphatic carbocycles. The fourth-order valence-electron chi connectivity index (χ4n) is 5.61. The van der Waals surface area contributed by atoms with E-state index in [1.807, 2.05) is 0 Å². The molecular formula is C23H45N5O12. The van der Waals surface area contributed by atoms with Crippen molar-refractivity contribution in [2.24, 2.45) is 28.7 Å². The van der Waals surface area contributed by atoms with Gasteiger partial charge in [-0.2, -0.15) is 0 Å². The first-order valence-electron chi connectivity index (χ1n) is 13.6. The van der Waals surface area contributed by atoms with Gasteiger partial charge in [-0.3, -0.25) is 0 Å². The Balaban J connectivity index is 1.48. The molecule has 234 valence electrons. The van der Waals surface area contributed by atoms with Crippen LogP contribution in [0.25, 0.3) is 0 Å². The van der Waals surface area contributed by atoms with E-state index in [0.717, 1.165) is 0 Å². The molecule has 0 radical (unpaired) electrons. The number of rotatable bonds is 9. The predicted octanol–water partition coefficient (Wildman–Crippen LogP) is -6.80. The van der Waals surface area contributed by atoms with E-state index < -0.39 is 105 Å². The smallest absolute Gasteiger partial charge is 0.187 e. The van der Waals surface area contributed by atoms with E-state index in [9.17, 15) is 30.6 Å². The first-order valence-corrected chi connectivity index (χ1v) is 13.6. The molecule has 3 saturated heterocycles. The molecule has 0 bridgehead atoms. The minimum Gasteiger partial charge on any atom is -0.394 e. The summed E-state index contributed by atoms with van der Waals surface area (Å²) >= 11 is 0. The van der Waals surface area contributed by atoms with Crippen molar-refractivity contribution in [2.75, 3.05) is 19.7 Å². The Bertz CT molecular complexity index is 805. The van der Waals surface area contributed by atoms with Crippen molar-refractivity contribution in [3.63, 3.8) is 0 Å². The molecule has 3 heterocycles. The third-order valence-electron chi connectivity index (χ3n) is 8.08. The highest BCUT2D eigenvalue weighted by atomic mass is 16.8. The van der Waals surface area contributed by atoms with Gasteiger partial charge in [0.25, 0.3) is 0 Å². The van der Waals surface area contributed by atoms with E-state index in [-0.39, 0.29) is 25.6 Å². The van der Waals surface area contributed by atoms with Gasteiger partial charge >= 0.3 is 0 Å². The third kappa shape index (κ3) is 6.61. The van der Waals surface area contributed by atoms with E-state index in [0.29, 0.717) is 12.8 Å². The Hall–Kier alpha value is -0.680. The van der Waals surface area contributed by atoms with Crippen LogP contribution in [0, 0.1) is 0 Å². The van der Waals surface area contributed by atoms with Gasteiger partial charge in [-0.15, -0.1) is 0 Å². The second kappa shape index (κ2) is 13.7. The van der Waals surface area contributed by atoms with Gasteiger partial charge in [-0.05, 0) is 19.3 Å². The minimum absolute atomic E-state index is 0.142. The molecule has 4 rings (SSSR count). The molecule has 4 aliphatic rings. The van der Waals surface area contributed by atoms with Crippen LogP contribution in [0.4, 0.5) is 0 Å². The molecule has 17 atom stereocenters. The molecule has 40 heavy (non-hydrogen) atoms. The molecule has 0 aromatic heterocycles. The van der Waals surface area contributed by atoms with Gasteiger partial charge in [0.05, 0.1) is 24.9 Å². The zero-order valence-electron chi connectivity index (χ0n) is 22.1. The number of hydrogen-bond donors (Lipinski definition) is 11. The zero-order chi connectivity index (χ0) is 29.3. The second-order valence-electron chi connectivity index (χ2n) is 10.9. The summed E-state index contributed by atoms with van der Waals surface area (Å²) in [5, 5.41) is 62.8. The Morgan fingerprint density at radius 2 is 1.27 bits per heavy atom. The van der Waals surface area contributed by atoms with E-state index in [4.69, 9.17) is 57.1 Å². The maximum absolute atomic E-state index is 11.1. The van der Waals surface area contributed by atoms with Crippen LogP contribution in [0.3, 0.4) is 0 Å². The summed E-state index contributed by atoms with van der Waals surface area (Å²) in [6.07, 6.45) is -15.4.